The zero-order valence-corrected chi connectivity index (χ0v) is 8.79. The molecule has 2 N–H and O–H groups in total. The summed E-state index contributed by atoms with van der Waals surface area (Å²) in [4.78, 5) is 0. The van der Waals surface area contributed by atoms with Crippen LogP contribution in [0.2, 0.25) is 0 Å². The Hall–Kier alpha value is -0.210. The van der Waals surface area contributed by atoms with Gasteiger partial charge in [0.25, 0.3) is 10.1 Å². The maximum atomic E-state index is 11.2. The molecule has 0 aromatic rings. The van der Waals surface area contributed by atoms with E-state index >= 15 is 0 Å². The maximum absolute atomic E-state index is 11.2. The number of aliphatic hydroxyl groups is 1. The van der Waals surface area contributed by atoms with Crippen molar-refractivity contribution in [2.45, 2.75) is 19.3 Å². The first-order valence-electron chi connectivity index (χ1n) is 4.41. The molecule has 0 bridgehead atoms. The van der Waals surface area contributed by atoms with Crippen molar-refractivity contribution in [3.05, 3.63) is 0 Å². The molecule has 0 aromatic carbocycles. The highest BCUT2D eigenvalue weighted by Gasteiger charge is 2.23. The van der Waals surface area contributed by atoms with Gasteiger partial charge in [0.15, 0.2) is 6.29 Å². The fraction of sp³-hybridized carbons (Fsp3) is 1.00. The normalized spacial score (nSPS) is 26.0. The Morgan fingerprint density at radius 2 is 2.43 bits per heavy atom. The molecule has 14 heavy (non-hydrogen) atoms. The van der Waals surface area contributed by atoms with Crippen LogP contribution < -0.4 is 5.32 Å². The van der Waals surface area contributed by atoms with E-state index in [1.165, 1.54) is 6.92 Å². The van der Waals surface area contributed by atoms with Gasteiger partial charge in [-0.05, 0) is 6.92 Å². The minimum absolute atomic E-state index is 0.346. The first-order chi connectivity index (χ1) is 6.49. The van der Waals surface area contributed by atoms with Crippen LogP contribution in [0.25, 0.3) is 0 Å². The quantitative estimate of drug-likeness (QED) is 0.576. The second-order valence-corrected chi connectivity index (χ2v) is 4.82. The molecule has 1 saturated heterocycles. The highest BCUT2D eigenvalue weighted by atomic mass is 32.2. The highest BCUT2D eigenvalue weighted by Crippen LogP contribution is 2.05. The summed E-state index contributed by atoms with van der Waals surface area (Å²) in [5, 5.41) is 11.8. The maximum Gasteiger partial charge on any atom is 0.272 e. The Labute approximate surface area is 83.3 Å². The van der Waals surface area contributed by atoms with E-state index in [0.29, 0.717) is 19.7 Å². The first-order valence-corrected chi connectivity index (χ1v) is 5.99. The van der Waals surface area contributed by atoms with E-state index in [9.17, 15) is 8.42 Å². The number of rotatable bonds is 4. The Kier molecular flexibility index (Phi) is 4.27. The predicted molar refractivity (Wildman–Crippen MR) is 49.2 cm³/mol. The lowest BCUT2D eigenvalue weighted by Crippen LogP contribution is -2.41. The zero-order chi connectivity index (χ0) is 10.6. The van der Waals surface area contributed by atoms with Crippen LogP contribution in [-0.4, -0.2) is 51.4 Å². The topological polar surface area (TPSA) is 84.9 Å². The van der Waals surface area contributed by atoms with Crippen LogP contribution >= 0.6 is 0 Å². The minimum Gasteiger partial charge on any atom is -0.392 e. The number of aliphatic hydroxyl groups excluding tert-OH is 1. The van der Waals surface area contributed by atoms with Crippen molar-refractivity contribution in [2.75, 3.05) is 25.4 Å². The second-order valence-electron chi connectivity index (χ2n) is 3.17. The van der Waals surface area contributed by atoms with E-state index in [-0.39, 0.29) is 0 Å². The monoisotopic (exact) mass is 225 g/mol. The third kappa shape index (κ3) is 4.34. The molecule has 1 heterocycles. The van der Waals surface area contributed by atoms with Gasteiger partial charge in [0.1, 0.15) is 5.75 Å². The molecule has 1 rings (SSSR count). The summed E-state index contributed by atoms with van der Waals surface area (Å²) in [6, 6.07) is 0. The Balaban J connectivity index is 2.41. The smallest absolute Gasteiger partial charge is 0.272 e. The molecular formula is C7H15NO5S. The van der Waals surface area contributed by atoms with E-state index in [4.69, 9.17) is 14.0 Å². The van der Waals surface area contributed by atoms with Gasteiger partial charge in [0, 0.05) is 13.1 Å². The van der Waals surface area contributed by atoms with Gasteiger partial charge in [-0.2, -0.15) is 8.42 Å². The molecule has 1 fully saturated rings. The van der Waals surface area contributed by atoms with E-state index in [0.717, 1.165) is 0 Å². The van der Waals surface area contributed by atoms with E-state index < -0.39 is 28.3 Å². The van der Waals surface area contributed by atoms with Crippen molar-refractivity contribution in [3.63, 3.8) is 0 Å². The van der Waals surface area contributed by atoms with Gasteiger partial charge in [-0.1, -0.05) is 0 Å². The number of hydrogen-bond acceptors (Lipinski definition) is 6. The SMILES string of the molecule is CC(O)CS(=O)(=O)OC1CNCCO1. The predicted octanol–water partition coefficient (Wildman–Crippen LogP) is -1.34. The first kappa shape index (κ1) is 11.9. The molecule has 1 aliphatic heterocycles. The molecule has 0 amide bonds. The summed E-state index contributed by atoms with van der Waals surface area (Å²) in [7, 11) is -3.70. The third-order valence-corrected chi connectivity index (χ3v) is 2.99. The molecule has 1 aliphatic rings. The van der Waals surface area contributed by atoms with Crippen LogP contribution in [0.3, 0.4) is 0 Å². The summed E-state index contributed by atoms with van der Waals surface area (Å²) in [5.74, 6) is -0.410. The largest absolute Gasteiger partial charge is 0.392 e. The number of hydrogen-bond donors (Lipinski definition) is 2. The molecule has 0 radical (unpaired) electrons. The lowest BCUT2D eigenvalue weighted by atomic mass is 10.5. The molecule has 7 heteroatoms. The van der Waals surface area contributed by atoms with Crippen molar-refractivity contribution in [3.8, 4) is 0 Å². The lowest BCUT2D eigenvalue weighted by molar-refractivity contribution is -0.0913. The zero-order valence-electron chi connectivity index (χ0n) is 7.97. The number of nitrogens with one attached hydrogen (secondary N) is 1. The molecule has 6 nitrogen and oxygen atoms in total. The van der Waals surface area contributed by atoms with Crippen molar-refractivity contribution in [1.82, 2.24) is 5.32 Å². The van der Waals surface area contributed by atoms with E-state index in [1.807, 2.05) is 0 Å². The van der Waals surface area contributed by atoms with Crippen molar-refractivity contribution < 1.29 is 22.4 Å². The van der Waals surface area contributed by atoms with Crippen LogP contribution in [0, 0.1) is 0 Å². The van der Waals surface area contributed by atoms with Gasteiger partial charge < -0.3 is 15.2 Å². The summed E-state index contributed by atoms with van der Waals surface area (Å²) >= 11 is 0. The van der Waals surface area contributed by atoms with Gasteiger partial charge in [-0.3, -0.25) is 0 Å². The van der Waals surface area contributed by atoms with Crippen LogP contribution in [0.5, 0.6) is 0 Å². The average molecular weight is 225 g/mol. The molecule has 84 valence electrons. The fourth-order valence-corrected chi connectivity index (χ4v) is 2.22. The minimum atomic E-state index is -3.70. The standard InChI is InChI=1S/C7H15NO5S/c1-6(9)5-14(10,11)13-7-4-8-2-3-12-7/h6-9H,2-5H2,1H3. The summed E-state index contributed by atoms with van der Waals surface area (Å²) < 4.78 is 32.2. The molecule has 0 aromatic heterocycles. The van der Waals surface area contributed by atoms with Gasteiger partial charge in [-0.15, -0.1) is 0 Å². The molecule has 2 atom stereocenters. The highest BCUT2D eigenvalue weighted by molar-refractivity contribution is 7.86. The van der Waals surface area contributed by atoms with Gasteiger partial charge in [0.2, 0.25) is 0 Å². The van der Waals surface area contributed by atoms with Crippen LogP contribution in [0.4, 0.5) is 0 Å². The molecule has 2 unspecified atom stereocenters. The van der Waals surface area contributed by atoms with Crippen LogP contribution in [0.15, 0.2) is 0 Å². The summed E-state index contributed by atoms with van der Waals surface area (Å²) in [6.45, 7) is 2.85. The summed E-state index contributed by atoms with van der Waals surface area (Å²) in [6.07, 6.45) is -1.70. The Morgan fingerprint density at radius 3 is 2.93 bits per heavy atom. The molecule has 0 saturated carbocycles. The van der Waals surface area contributed by atoms with E-state index in [2.05, 4.69) is 5.32 Å². The van der Waals surface area contributed by atoms with Gasteiger partial charge in [0.05, 0.1) is 12.7 Å². The van der Waals surface area contributed by atoms with Gasteiger partial charge >= 0.3 is 0 Å². The van der Waals surface area contributed by atoms with Crippen LogP contribution in [0.1, 0.15) is 6.92 Å². The third-order valence-electron chi connectivity index (χ3n) is 1.59. The van der Waals surface area contributed by atoms with Crippen molar-refractivity contribution in [1.29, 1.82) is 0 Å². The number of morpholine rings is 1. The molecular weight excluding hydrogens is 210 g/mol. The van der Waals surface area contributed by atoms with Crippen molar-refractivity contribution >= 4 is 10.1 Å². The lowest BCUT2D eigenvalue weighted by Gasteiger charge is -2.23. The van der Waals surface area contributed by atoms with E-state index in [1.54, 1.807) is 0 Å². The van der Waals surface area contributed by atoms with Gasteiger partial charge in [-0.25, -0.2) is 4.18 Å². The van der Waals surface area contributed by atoms with Crippen molar-refractivity contribution in [2.24, 2.45) is 0 Å². The molecule has 0 aliphatic carbocycles. The Morgan fingerprint density at radius 1 is 1.71 bits per heavy atom. The summed E-state index contributed by atoms with van der Waals surface area (Å²) in [5.41, 5.74) is 0. The van der Waals surface area contributed by atoms with Crippen LogP contribution in [-0.2, 0) is 19.0 Å². The molecule has 0 spiro atoms. The fourth-order valence-electron chi connectivity index (χ4n) is 1.10. The second kappa shape index (κ2) is 5.04. The Bertz CT molecular complexity index is 257. The number of ether oxygens (including phenoxy) is 1. The average Bonchev–Trinajstić information content (AvgIpc) is 2.02.